The predicted octanol–water partition coefficient (Wildman–Crippen LogP) is 3.83. The monoisotopic (exact) mass is 302 g/mol. The Bertz CT molecular complexity index is 417. The van der Waals surface area contributed by atoms with E-state index in [1.165, 1.54) is 0 Å². The quantitative estimate of drug-likeness (QED) is 0.900. The zero-order valence-corrected chi connectivity index (χ0v) is 11.0. The van der Waals surface area contributed by atoms with Crippen LogP contribution < -0.4 is 0 Å². The molecule has 2 rings (SSSR count). The Morgan fingerprint density at radius 1 is 1.44 bits per heavy atom. The lowest BCUT2D eigenvalue weighted by atomic mass is 10.1. The smallest absolute Gasteiger partial charge is 0.137 e. The minimum absolute atomic E-state index is 0.532. The fourth-order valence-electron chi connectivity index (χ4n) is 1.65. The zero-order chi connectivity index (χ0) is 11.5. The van der Waals surface area contributed by atoms with Crippen LogP contribution in [0.2, 0.25) is 5.02 Å². The van der Waals surface area contributed by atoms with Crippen LogP contribution in [0.25, 0.3) is 0 Å². The molecule has 16 heavy (non-hydrogen) atoms. The van der Waals surface area contributed by atoms with Crippen LogP contribution in [0.5, 0.6) is 0 Å². The van der Waals surface area contributed by atoms with Gasteiger partial charge in [-0.1, -0.05) is 23.7 Å². The SMILES string of the molecule is OC(C1=CCCCO1)c1cccc(Br)c1Cl. The molecule has 0 spiro atoms. The first-order valence-electron chi connectivity index (χ1n) is 5.15. The molecule has 86 valence electrons. The Morgan fingerprint density at radius 2 is 2.25 bits per heavy atom. The van der Waals surface area contributed by atoms with Gasteiger partial charge in [0.15, 0.2) is 0 Å². The Morgan fingerprint density at radius 3 is 2.94 bits per heavy atom. The first-order chi connectivity index (χ1) is 7.70. The standard InChI is InChI=1S/C12H12BrClO2/c13-9-5-3-4-8(11(9)14)12(15)10-6-1-2-7-16-10/h3-6,12,15H,1-2,7H2. The molecule has 2 nitrogen and oxygen atoms in total. The van der Waals surface area contributed by atoms with Crippen molar-refractivity contribution in [2.45, 2.75) is 18.9 Å². The summed E-state index contributed by atoms with van der Waals surface area (Å²) in [6.07, 6.45) is 3.09. The summed E-state index contributed by atoms with van der Waals surface area (Å²) in [5.41, 5.74) is 0.671. The molecule has 0 saturated heterocycles. The van der Waals surface area contributed by atoms with Crippen LogP contribution in [-0.2, 0) is 4.74 Å². The fourth-order valence-corrected chi connectivity index (χ4v) is 2.26. The molecule has 0 saturated carbocycles. The minimum atomic E-state index is -0.773. The van der Waals surface area contributed by atoms with Crippen molar-refractivity contribution in [2.24, 2.45) is 0 Å². The van der Waals surface area contributed by atoms with Crippen molar-refractivity contribution in [3.05, 3.63) is 45.1 Å². The molecule has 0 aromatic heterocycles. The Kier molecular flexibility index (Phi) is 3.90. The van der Waals surface area contributed by atoms with Crippen LogP contribution in [0.15, 0.2) is 34.5 Å². The number of benzene rings is 1. The maximum Gasteiger partial charge on any atom is 0.137 e. The number of allylic oxidation sites excluding steroid dienone is 1. The van der Waals surface area contributed by atoms with E-state index in [1.807, 2.05) is 18.2 Å². The number of aliphatic hydroxyl groups is 1. The minimum Gasteiger partial charge on any atom is -0.495 e. The van der Waals surface area contributed by atoms with Crippen LogP contribution in [0, 0.1) is 0 Å². The molecule has 1 unspecified atom stereocenters. The highest BCUT2D eigenvalue weighted by Crippen LogP contribution is 2.34. The van der Waals surface area contributed by atoms with Crippen molar-refractivity contribution in [1.29, 1.82) is 0 Å². The number of hydrogen-bond acceptors (Lipinski definition) is 2. The topological polar surface area (TPSA) is 29.5 Å². The molecule has 1 aromatic rings. The Hall–Kier alpha value is -0.510. The van der Waals surface area contributed by atoms with Gasteiger partial charge in [-0.25, -0.2) is 0 Å². The van der Waals surface area contributed by atoms with Gasteiger partial charge in [0.2, 0.25) is 0 Å². The van der Waals surface area contributed by atoms with E-state index in [4.69, 9.17) is 16.3 Å². The number of halogens is 2. The van der Waals surface area contributed by atoms with Gasteiger partial charge in [0.25, 0.3) is 0 Å². The molecule has 1 aliphatic heterocycles. The number of ether oxygens (including phenoxy) is 1. The summed E-state index contributed by atoms with van der Waals surface area (Å²) in [6.45, 7) is 0.661. The summed E-state index contributed by atoms with van der Waals surface area (Å²) in [6, 6.07) is 5.49. The average molecular weight is 304 g/mol. The van der Waals surface area contributed by atoms with Crippen molar-refractivity contribution >= 4 is 27.5 Å². The van der Waals surface area contributed by atoms with Gasteiger partial charge in [-0.2, -0.15) is 0 Å². The first-order valence-corrected chi connectivity index (χ1v) is 6.32. The molecule has 1 atom stereocenters. The summed E-state index contributed by atoms with van der Waals surface area (Å²) in [5.74, 6) is 0.603. The molecule has 4 heteroatoms. The van der Waals surface area contributed by atoms with Gasteiger partial charge in [-0.3, -0.25) is 0 Å². The lowest BCUT2D eigenvalue weighted by Crippen LogP contribution is -2.10. The van der Waals surface area contributed by atoms with Crippen LogP contribution in [0.4, 0.5) is 0 Å². The molecule has 1 heterocycles. The second-order valence-corrected chi connectivity index (χ2v) is 4.88. The van der Waals surface area contributed by atoms with Crippen molar-refractivity contribution in [2.75, 3.05) is 6.61 Å². The first kappa shape index (κ1) is 12.0. The third-order valence-electron chi connectivity index (χ3n) is 2.51. The van der Waals surface area contributed by atoms with E-state index >= 15 is 0 Å². The van der Waals surface area contributed by atoms with Crippen LogP contribution in [0.3, 0.4) is 0 Å². The fraction of sp³-hybridized carbons (Fsp3) is 0.333. The molecule has 0 aliphatic carbocycles. The molecule has 0 radical (unpaired) electrons. The maximum absolute atomic E-state index is 10.2. The van der Waals surface area contributed by atoms with Crippen LogP contribution >= 0.6 is 27.5 Å². The highest BCUT2D eigenvalue weighted by molar-refractivity contribution is 9.10. The largest absolute Gasteiger partial charge is 0.495 e. The third-order valence-corrected chi connectivity index (χ3v) is 3.82. The van der Waals surface area contributed by atoms with Crippen molar-refractivity contribution in [3.8, 4) is 0 Å². The van der Waals surface area contributed by atoms with E-state index in [0.29, 0.717) is 23.0 Å². The average Bonchev–Trinajstić information content (AvgIpc) is 2.33. The van der Waals surface area contributed by atoms with E-state index in [1.54, 1.807) is 6.07 Å². The van der Waals surface area contributed by atoms with Crippen LogP contribution in [-0.4, -0.2) is 11.7 Å². The number of aliphatic hydroxyl groups excluding tert-OH is 1. The summed E-state index contributed by atoms with van der Waals surface area (Å²) in [5, 5.41) is 10.7. The summed E-state index contributed by atoms with van der Waals surface area (Å²) in [7, 11) is 0. The predicted molar refractivity (Wildman–Crippen MR) is 67.4 cm³/mol. The number of hydrogen-bond donors (Lipinski definition) is 1. The van der Waals surface area contributed by atoms with Crippen molar-refractivity contribution in [3.63, 3.8) is 0 Å². The summed E-state index contributed by atoms with van der Waals surface area (Å²) >= 11 is 9.45. The maximum atomic E-state index is 10.2. The molecule has 0 amide bonds. The highest BCUT2D eigenvalue weighted by Gasteiger charge is 2.20. The van der Waals surface area contributed by atoms with Gasteiger partial charge >= 0.3 is 0 Å². The number of rotatable bonds is 2. The molecule has 1 aromatic carbocycles. The van der Waals surface area contributed by atoms with E-state index in [-0.39, 0.29) is 0 Å². The van der Waals surface area contributed by atoms with Gasteiger partial charge in [-0.05, 0) is 40.9 Å². The second-order valence-electron chi connectivity index (χ2n) is 3.64. The molecular weight excluding hydrogens is 291 g/mol. The normalized spacial score (nSPS) is 17.6. The van der Waals surface area contributed by atoms with Crippen molar-refractivity contribution in [1.82, 2.24) is 0 Å². The van der Waals surface area contributed by atoms with Gasteiger partial charge < -0.3 is 9.84 Å². The lowest BCUT2D eigenvalue weighted by Gasteiger charge is -2.21. The zero-order valence-electron chi connectivity index (χ0n) is 8.62. The van der Waals surface area contributed by atoms with E-state index < -0.39 is 6.10 Å². The summed E-state index contributed by atoms with van der Waals surface area (Å²) < 4.78 is 6.21. The van der Waals surface area contributed by atoms with Gasteiger partial charge in [0.05, 0.1) is 11.6 Å². The molecule has 0 fully saturated rings. The Labute approximate surface area is 108 Å². The highest BCUT2D eigenvalue weighted by atomic mass is 79.9. The lowest BCUT2D eigenvalue weighted by molar-refractivity contribution is 0.0918. The summed E-state index contributed by atoms with van der Waals surface area (Å²) in [4.78, 5) is 0. The van der Waals surface area contributed by atoms with E-state index in [0.717, 1.165) is 17.3 Å². The second kappa shape index (κ2) is 5.21. The third kappa shape index (κ3) is 2.42. The van der Waals surface area contributed by atoms with E-state index in [2.05, 4.69) is 15.9 Å². The van der Waals surface area contributed by atoms with E-state index in [9.17, 15) is 5.11 Å². The van der Waals surface area contributed by atoms with Gasteiger partial charge in [-0.15, -0.1) is 0 Å². The Balaban J connectivity index is 2.29. The van der Waals surface area contributed by atoms with Crippen LogP contribution in [0.1, 0.15) is 24.5 Å². The molecular formula is C12H12BrClO2. The molecule has 1 N–H and O–H groups in total. The van der Waals surface area contributed by atoms with Gasteiger partial charge in [0.1, 0.15) is 11.9 Å². The molecule has 0 bridgehead atoms. The van der Waals surface area contributed by atoms with Gasteiger partial charge in [0, 0.05) is 10.0 Å². The van der Waals surface area contributed by atoms with Crippen molar-refractivity contribution < 1.29 is 9.84 Å². The molecule has 1 aliphatic rings.